The zero-order chi connectivity index (χ0) is 12.8. The fraction of sp³-hybridized carbons (Fsp3) is 0.250. The lowest BCUT2D eigenvalue weighted by atomic mass is 10.00. The second kappa shape index (κ2) is 6.22. The quantitative estimate of drug-likeness (QED) is 0.612. The Balaban J connectivity index is 2.30. The average Bonchev–Trinajstić information content (AvgIpc) is 2.46. The van der Waals surface area contributed by atoms with Crippen LogP contribution in [0.15, 0.2) is 48.5 Å². The summed E-state index contributed by atoms with van der Waals surface area (Å²) in [6, 6.07) is 16.8. The number of nitrogen functional groups attached to an aromatic ring is 1. The normalized spacial score (nSPS) is 10.3. The molecule has 0 saturated heterocycles. The van der Waals surface area contributed by atoms with Crippen molar-refractivity contribution in [3.63, 3.8) is 0 Å². The fourth-order valence-corrected chi connectivity index (χ4v) is 2.11. The van der Waals surface area contributed by atoms with Crippen LogP contribution < -0.4 is 11.3 Å². The first-order valence-corrected chi connectivity index (χ1v) is 6.50. The van der Waals surface area contributed by atoms with Crippen molar-refractivity contribution in [3.8, 4) is 11.1 Å². The summed E-state index contributed by atoms with van der Waals surface area (Å²) in [4.78, 5) is 0. The monoisotopic (exact) mass is 240 g/mol. The summed E-state index contributed by atoms with van der Waals surface area (Å²) in [5.74, 6) is 5.62. The van der Waals surface area contributed by atoms with E-state index >= 15 is 0 Å². The summed E-state index contributed by atoms with van der Waals surface area (Å²) >= 11 is 0. The second-order valence-electron chi connectivity index (χ2n) is 4.49. The number of hydrazine groups is 1. The number of hydrogen-bond acceptors (Lipinski definition) is 2. The van der Waals surface area contributed by atoms with E-state index < -0.39 is 0 Å². The van der Waals surface area contributed by atoms with Gasteiger partial charge in [0.25, 0.3) is 0 Å². The molecular formula is C16H20N2. The van der Waals surface area contributed by atoms with Crippen molar-refractivity contribution in [1.29, 1.82) is 0 Å². The van der Waals surface area contributed by atoms with E-state index in [1.807, 2.05) is 6.07 Å². The van der Waals surface area contributed by atoms with E-state index in [0.717, 1.165) is 12.1 Å². The number of unbranched alkanes of at least 4 members (excludes halogenated alkanes) is 1. The first-order valence-electron chi connectivity index (χ1n) is 6.50. The van der Waals surface area contributed by atoms with Gasteiger partial charge in [0.05, 0.1) is 5.69 Å². The number of nitrogens with two attached hydrogens (primary N) is 1. The molecule has 3 N–H and O–H groups in total. The first-order chi connectivity index (χ1) is 8.85. The molecule has 0 aliphatic heterocycles. The van der Waals surface area contributed by atoms with E-state index in [-0.39, 0.29) is 0 Å². The number of nitrogens with one attached hydrogen (secondary N) is 1. The zero-order valence-corrected chi connectivity index (χ0v) is 10.8. The van der Waals surface area contributed by atoms with E-state index in [1.54, 1.807) is 0 Å². The van der Waals surface area contributed by atoms with Gasteiger partial charge in [0.2, 0.25) is 0 Å². The Morgan fingerprint density at radius 1 is 1.00 bits per heavy atom. The lowest BCUT2D eigenvalue weighted by Gasteiger charge is -2.11. The Morgan fingerprint density at radius 3 is 2.44 bits per heavy atom. The fourth-order valence-electron chi connectivity index (χ4n) is 2.11. The van der Waals surface area contributed by atoms with E-state index in [1.165, 1.54) is 29.5 Å². The molecule has 0 saturated carbocycles. The molecule has 0 aliphatic rings. The van der Waals surface area contributed by atoms with Crippen molar-refractivity contribution in [2.75, 3.05) is 5.43 Å². The second-order valence-corrected chi connectivity index (χ2v) is 4.49. The molecule has 2 aromatic rings. The number of anilines is 1. The zero-order valence-electron chi connectivity index (χ0n) is 10.8. The number of rotatable bonds is 5. The molecular weight excluding hydrogens is 220 g/mol. The maximum absolute atomic E-state index is 5.62. The van der Waals surface area contributed by atoms with Gasteiger partial charge >= 0.3 is 0 Å². The Bertz CT molecular complexity index is 492. The minimum Gasteiger partial charge on any atom is -0.324 e. The molecule has 2 aromatic carbocycles. The highest BCUT2D eigenvalue weighted by Crippen LogP contribution is 2.26. The van der Waals surface area contributed by atoms with Crippen LogP contribution in [0.2, 0.25) is 0 Å². The molecule has 0 atom stereocenters. The van der Waals surface area contributed by atoms with Gasteiger partial charge in [-0.05, 0) is 35.6 Å². The molecule has 94 valence electrons. The van der Waals surface area contributed by atoms with E-state index in [9.17, 15) is 0 Å². The summed E-state index contributed by atoms with van der Waals surface area (Å²) in [5.41, 5.74) is 7.55. The molecule has 2 nitrogen and oxygen atoms in total. The standard InChI is InChI=1S/C16H20N2/c1-2-3-7-14-10-11-15(12-16(14)18-17)13-8-5-4-6-9-13/h4-6,8-12,18H,2-3,7,17H2,1H3. The lowest BCUT2D eigenvalue weighted by Crippen LogP contribution is -2.09. The smallest absolute Gasteiger partial charge is 0.0523 e. The van der Waals surface area contributed by atoms with Crippen LogP contribution >= 0.6 is 0 Å². The minimum absolute atomic E-state index is 1.03. The highest BCUT2D eigenvalue weighted by atomic mass is 15.2. The van der Waals surface area contributed by atoms with Crippen LogP contribution in [0.25, 0.3) is 11.1 Å². The summed E-state index contributed by atoms with van der Waals surface area (Å²) < 4.78 is 0. The van der Waals surface area contributed by atoms with Crippen molar-refractivity contribution >= 4 is 5.69 Å². The molecule has 0 aromatic heterocycles. The number of hydrogen-bond donors (Lipinski definition) is 2. The molecule has 0 aliphatic carbocycles. The van der Waals surface area contributed by atoms with Crippen molar-refractivity contribution in [1.82, 2.24) is 0 Å². The third-order valence-corrected chi connectivity index (χ3v) is 3.17. The molecule has 0 amide bonds. The van der Waals surface area contributed by atoms with Crippen LogP contribution in [0.3, 0.4) is 0 Å². The Hall–Kier alpha value is -1.80. The summed E-state index contributed by atoms with van der Waals surface area (Å²) in [6.07, 6.45) is 3.47. The molecule has 18 heavy (non-hydrogen) atoms. The summed E-state index contributed by atoms with van der Waals surface area (Å²) in [7, 11) is 0. The molecule has 0 bridgehead atoms. The predicted molar refractivity (Wildman–Crippen MR) is 78.3 cm³/mol. The Labute approximate surface area is 109 Å². The maximum Gasteiger partial charge on any atom is 0.0523 e. The first kappa shape index (κ1) is 12.7. The van der Waals surface area contributed by atoms with Gasteiger partial charge in [-0.3, -0.25) is 5.84 Å². The van der Waals surface area contributed by atoms with Crippen molar-refractivity contribution in [3.05, 3.63) is 54.1 Å². The van der Waals surface area contributed by atoms with Crippen LogP contribution in [0.4, 0.5) is 5.69 Å². The number of benzene rings is 2. The topological polar surface area (TPSA) is 38.0 Å². The van der Waals surface area contributed by atoms with Crippen LogP contribution in [0.1, 0.15) is 25.3 Å². The minimum atomic E-state index is 1.03. The molecule has 0 heterocycles. The van der Waals surface area contributed by atoms with Crippen LogP contribution in [0.5, 0.6) is 0 Å². The van der Waals surface area contributed by atoms with E-state index in [0.29, 0.717) is 0 Å². The van der Waals surface area contributed by atoms with Gasteiger partial charge in [-0.1, -0.05) is 55.8 Å². The Morgan fingerprint density at radius 2 is 1.78 bits per heavy atom. The number of aryl methyl sites for hydroxylation is 1. The predicted octanol–water partition coefficient (Wildman–Crippen LogP) is 3.98. The van der Waals surface area contributed by atoms with Gasteiger partial charge in [-0.15, -0.1) is 0 Å². The highest BCUT2D eigenvalue weighted by molar-refractivity contribution is 5.69. The SMILES string of the molecule is CCCCc1ccc(-c2ccccc2)cc1NN. The van der Waals surface area contributed by atoms with E-state index in [2.05, 4.69) is 54.8 Å². The van der Waals surface area contributed by atoms with E-state index in [4.69, 9.17) is 5.84 Å². The van der Waals surface area contributed by atoms with Crippen molar-refractivity contribution in [2.45, 2.75) is 26.2 Å². The molecule has 0 spiro atoms. The van der Waals surface area contributed by atoms with Gasteiger partial charge in [-0.2, -0.15) is 0 Å². The Kier molecular flexibility index (Phi) is 4.37. The van der Waals surface area contributed by atoms with Gasteiger partial charge in [0.15, 0.2) is 0 Å². The molecule has 2 heteroatoms. The molecule has 0 fully saturated rings. The van der Waals surface area contributed by atoms with Crippen molar-refractivity contribution in [2.24, 2.45) is 5.84 Å². The molecule has 0 unspecified atom stereocenters. The van der Waals surface area contributed by atoms with Crippen LogP contribution in [-0.4, -0.2) is 0 Å². The van der Waals surface area contributed by atoms with Gasteiger partial charge in [-0.25, -0.2) is 0 Å². The molecule has 2 rings (SSSR count). The van der Waals surface area contributed by atoms with Gasteiger partial charge < -0.3 is 5.43 Å². The maximum atomic E-state index is 5.62. The largest absolute Gasteiger partial charge is 0.324 e. The molecule has 0 radical (unpaired) electrons. The van der Waals surface area contributed by atoms with Crippen LogP contribution in [-0.2, 0) is 6.42 Å². The van der Waals surface area contributed by atoms with Gasteiger partial charge in [0.1, 0.15) is 0 Å². The summed E-state index contributed by atoms with van der Waals surface area (Å²) in [6.45, 7) is 2.20. The third kappa shape index (κ3) is 2.90. The lowest BCUT2D eigenvalue weighted by molar-refractivity contribution is 0.795. The third-order valence-electron chi connectivity index (χ3n) is 3.17. The van der Waals surface area contributed by atoms with Crippen molar-refractivity contribution < 1.29 is 0 Å². The highest BCUT2D eigenvalue weighted by Gasteiger charge is 2.04. The average molecular weight is 240 g/mol. The van der Waals surface area contributed by atoms with Crippen LogP contribution in [0, 0.1) is 0 Å². The summed E-state index contributed by atoms with van der Waals surface area (Å²) in [5, 5.41) is 0. The van der Waals surface area contributed by atoms with Gasteiger partial charge in [0, 0.05) is 0 Å².